The fraction of sp³-hybridized carbons (Fsp3) is 0.600. The topological polar surface area (TPSA) is 24.1 Å². The SMILES string of the molecule is CC(C)c1cccc(C(C)C)c1N/C=C\NC1CCCCC1. The summed E-state index contributed by atoms with van der Waals surface area (Å²) in [7, 11) is 0. The number of para-hydroxylation sites is 1. The Bertz CT molecular complexity index is 456. The predicted octanol–water partition coefficient (Wildman–Crippen LogP) is 5.74. The highest BCUT2D eigenvalue weighted by Crippen LogP contribution is 2.32. The molecule has 22 heavy (non-hydrogen) atoms. The van der Waals surface area contributed by atoms with Gasteiger partial charge in [-0.15, -0.1) is 0 Å². The van der Waals surface area contributed by atoms with Crippen molar-refractivity contribution >= 4 is 5.69 Å². The number of hydrogen-bond donors (Lipinski definition) is 2. The molecular weight excluding hydrogens is 268 g/mol. The fourth-order valence-electron chi connectivity index (χ4n) is 3.30. The van der Waals surface area contributed by atoms with Crippen LogP contribution in [0.1, 0.15) is 82.8 Å². The molecule has 0 spiro atoms. The van der Waals surface area contributed by atoms with Crippen molar-refractivity contribution in [3.8, 4) is 0 Å². The minimum atomic E-state index is 0.529. The van der Waals surface area contributed by atoms with Crippen molar-refractivity contribution in [1.29, 1.82) is 0 Å². The highest BCUT2D eigenvalue weighted by Gasteiger charge is 2.13. The summed E-state index contributed by atoms with van der Waals surface area (Å²) in [4.78, 5) is 0. The molecule has 1 saturated carbocycles. The third kappa shape index (κ3) is 4.53. The van der Waals surface area contributed by atoms with Crippen molar-refractivity contribution in [2.24, 2.45) is 0 Å². The lowest BCUT2D eigenvalue weighted by molar-refractivity contribution is 0.404. The Kier molecular flexibility index (Phi) is 6.35. The smallest absolute Gasteiger partial charge is 0.0450 e. The number of nitrogens with one attached hydrogen (secondary N) is 2. The molecule has 0 aliphatic heterocycles. The first kappa shape index (κ1) is 16.9. The number of hydrogen-bond acceptors (Lipinski definition) is 2. The summed E-state index contributed by atoms with van der Waals surface area (Å²) in [6, 6.07) is 7.32. The van der Waals surface area contributed by atoms with Gasteiger partial charge in [0.2, 0.25) is 0 Å². The van der Waals surface area contributed by atoms with Gasteiger partial charge in [-0.2, -0.15) is 0 Å². The van der Waals surface area contributed by atoms with Gasteiger partial charge >= 0.3 is 0 Å². The molecular formula is C20H32N2. The van der Waals surface area contributed by atoms with Crippen molar-refractivity contribution in [3.05, 3.63) is 41.7 Å². The van der Waals surface area contributed by atoms with Gasteiger partial charge in [0.05, 0.1) is 0 Å². The van der Waals surface area contributed by atoms with Crippen molar-refractivity contribution in [1.82, 2.24) is 5.32 Å². The van der Waals surface area contributed by atoms with Gasteiger partial charge in [-0.25, -0.2) is 0 Å². The summed E-state index contributed by atoms with van der Waals surface area (Å²) < 4.78 is 0. The minimum absolute atomic E-state index is 0.529. The molecule has 0 unspecified atom stereocenters. The third-order valence-corrected chi connectivity index (χ3v) is 4.62. The zero-order valence-electron chi connectivity index (χ0n) is 14.7. The van der Waals surface area contributed by atoms with Crippen LogP contribution in [0.25, 0.3) is 0 Å². The lowest BCUT2D eigenvalue weighted by Crippen LogP contribution is -2.26. The lowest BCUT2D eigenvalue weighted by atomic mass is 9.93. The highest BCUT2D eigenvalue weighted by atomic mass is 14.9. The Morgan fingerprint density at radius 2 is 1.50 bits per heavy atom. The maximum absolute atomic E-state index is 3.55. The minimum Gasteiger partial charge on any atom is -0.387 e. The standard InChI is InChI=1S/C20H32N2/c1-15(2)18-11-8-12-19(16(3)4)20(18)22-14-13-21-17-9-6-5-7-10-17/h8,11-17,21-22H,5-7,9-10H2,1-4H3/b14-13-. The van der Waals surface area contributed by atoms with E-state index in [9.17, 15) is 0 Å². The maximum Gasteiger partial charge on any atom is 0.0450 e. The highest BCUT2D eigenvalue weighted by molar-refractivity contribution is 5.61. The van der Waals surface area contributed by atoms with Gasteiger partial charge in [0.1, 0.15) is 0 Å². The largest absolute Gasteiger partial charge is 0.387 e. The lowest BCUT2D eigenvalue weighted by Gasteiger charge is -2.22. The molecule has 122 valence electrons. The van der Waals surface area contributed by atoms with E-state index in [0.717, 1.165) is 0 Å². The Hall–Kier alpha value is -1.44. The average Bonchev–Trinajstić information content (AvgIpc) is 2.52. The molecule has 0 radical (unpaired) electrons. The number of rotatable bonds is 6. The number of anilines is 1. The zero-order valence-corrected chi connectivity index (χ0v) is 14.7. The van der Waals surface area contributed by atoms with Crippen molar-refractivity contribution in [3.63, 3.8) is 0 Å². The molecule has 0 amide bonds. The Labute approximate surface area is 136 Å². The first-order valence-corrected chi connectivity index (χ1v) is 8.90. The number of benzene rings is 1. The summed E-state index contributed by atoms with van der Waals surface area (Å²) in [6.45, 7) is 9.03. The Morgan fingerprint density at radius 1 is 0.909 bits per heavy atom. The van der Waals surface area contributed by atoms with Crippen LogP contribution in [-0.2, 0) is 0 Å². The van der Waals surface area contributed by atoms with E-state index in [1.54, 1.807) is 0 Å². The zero-order chi connectivity index (χ0) is 15.9. The molecule has 1 aromatic rings. The van der Waals surface area contributed by atoms with E-state index in [1.165, 1.54) is 48.9 Å². The second-order valence-electron chi connectivity index (χ2n) is 7.10. The van der Waals surface area contributed by atoms with Crippen LogP contribution in [0.2, 0.25) is 0 Å². The van der Waals surface area contributed by atoms with Gasteiger partial charge in [-0.3, -0.25) is 0 Å². The van der Waals surface area contributed by atoms with Crippen LogP contribution in [0.15, 0.2) is 30.6 Å². The summed E-state index contributed by atoms with van der Waals surface area (Å²) in [5.41, 5.74) is 4.08. The molecule has 0 atom stereocenters. The van der Waals surface area contributed by atoms with Crippen LogP contribution in [0.5, 0.6) is 0 Å². The molecule has 0 saturated heterocycles. The van der Waals surface area contributed by atoms with Gasteiger partial charge in [-0.05, 0) is 35.8 Å². The van der Waals surface area contributed by atoms with Gasteiger partial charge in [0, 0.05) is 24.1 Å². The molecule has 2 N–H and O–H groups in total. The molecule has 1 aromatic carbocycles. The molecule has 1 aliphatic carbocycles. The molecule has 0 aromatic heterocycles. The molecule has 2 nitrogen and oxygen atoms in total. The third-order valence-electron chi connectivity index (χ3n) is 4.62. The van der Waals surface area contributed by atoms with Crippen LogP contribution in [-0.4, -0.2) is 6.04 Å². The van der Waals surface area contributed by atoms with Crippen LogP contribution in [0, 0.1) is 0 Å². The molecule has 1 aliphatic rings. The quantitative estimate of drug-likeness (QED) is 0.700. The van der Waals surface area contributed by atoms with Gasteiger partial charge in [0.25, 0.3) is 0 Å². The van der Waals surface area contributed by atoms with Crippen molar-refractivity contribution in [2.75, 3.05) is 5.32 Å². The van der Waals surface area contributed by atoms with Gasteiger partial charge in [0.15, 0.2) is 0 Å². The summed E-state index contributed by atoms with van der Waals surface area (Å²) in [6.07, 6.45) is 10.9. The second-order valence-corrected chi connectivity index (χ2v) is 7.10. The second kappa shape index (κ2) is 8.26. The van der Waals surface area contributed by atoms with Gasteiger partial charge < -0.3 is 10.6 Å². The van der Waals surface area contributed by atoms with Crippen LogP contribution >= 0.6 is 0 Å². The Balaban J connectivity index is 2.03. The first-order chi connectivity index (χ1) is 10.6. The van der Waals surface area contributed by atoms with E-state index in [2.05, 4.69) is 68.9 Å². The molecule has 1 fully saturated rings. The average molecular weight is 300 g/mol. The predicted molar refractivity (Wildman–Crippen MR) is 97.4 cm³/mol. The molecule has 2 rings (SSSR count). The molecule has 2 heteroatoms. The van der Waals surface area contributed by atoms with Crippen LogP contribution < -0.4 is 10.6 Å². The fourth-order valence-corrected chi connectivity index (χ4v) is 3.30. The normalized spacial score (nSPS) is 16.6. The van der Waals surface area contributed by atoms with Gasteiger partial charge in [-0.1, -0.05) is 65.2 Å². The monoisotopic (exact) mass is 300 g/mol. The maximum atomic E-state index is 3.55. The molecule has 0 heterocycles. The first-order valence-electron chi connectivity index (χ1n) is 8.90. The van der Waals surface area contributed by atoms with E-state index in [1.807, 2.05) is 0 Å². The Morgan fingerprint density at radius 3 is 2.05 bits per heavy atom. The van der Waals surface area contributed by atoms with Crippen molar-refractivity contribution < 1.29 is 0 Å². The van der Waals surface area contributed by atoms with E-state index >= 15 is 0 Å². The van der Waals surface area contributed by atoms with E-state index < -0.39 is 0 Å². The van der Waals surface area contributed by atoms with Crippen LogP contribution in [0.4, 0.5) is 5.69 Å². The van der Waals surface area contributed by atoms with E-state index in [0.29, 0.717) is 17.9 Å². The molecule has 0 bridgehead atoms. The van der Waals surface area contributed by atoms with Crippen molar-refractivity contribution in [2.45, 2.75) is 77.7 Å². The summed E-state index contributed by atoms with van der Waals surface area (Å²) in [5, 5.41) is 7.09. The summed E-state index contributed by atoms with van der Waals surface area (Å²) >= 11 is 0. The van der Waals surface area contributed by atoms with Crippen LogP contribution in [0.3, 0.4) is 0 Å². The summed E-state index contributed by atoms with van der Waals surface area (Å²) in [5.74, 6) is 1.06. The van der Waals surface area contributed by atoms with E-state index in [4.69, 9.17) is 0 Å². The van der Waals surface area contributed by atoms with E-state index in [-0.39, 0.29) is 0 Å².